The minimum absolute atomic E-state index is 0.0844. The van der Waals surface area contributed by atoms with Gasteiger partial charge in [-0.15, -0.1) is 0 Å². The third-order valence-electron chi connectivity index (χ3n) is 7.22. The van der Waals surface area contributed by atoms with Crippen LogP contribution in [-0.2, 0) is 32.0 Å². The summed E-state index contributed by atoms with van der Waals surface area (Å²) in [6.45, 7) is 4.78. The largest absolute Gasteiger partial charge is 0.496 e. The molecule has 1 unspecified atom stereocenters. The maximum Gasteiger partial charge on any atom is 0.308 e. The molecule has 0 aromatic heterocycles. The van der Waals surface area contributed by atoms with E-state index >= 15 is 0 Å². The van der Waals surface area contributed by atoms with Crippen LogP contribution in [0, 0.1) is 5.92 Å². The number of carbonyl (C=O) groups is 5. The summed E-state index contributed by atoms with van der Waals surface area (Å²) in [4.78, 5) is 68.3. The minimum Gasteiger partial charge on any atom is -0.496 e. The van der Waals surface area contributed by atoms with E-state index in [0.29, 0.717) is 29.0 Å². The van der Waals surface area contributed by atoms with Gasteiger partial charge in [-0.1, -0.05) is 0 Å². The van der Waals surface area contributed by atoms with Gasteiger partial charge in [-0.05, 0) is 48.9 Å². The maximum atomic E-state index is 14.4. The molecule has 1 atom stereocenters. The summed E-state index contributed by atoms with van der Waals surface area (Å²) >= 11 is 0. The van der Waals surface area contributed by atoms with Crippen molar-refractivity contribution in [3.63, 3.8) is 0 Å². The molecule has 0 saturated heterocycles. The van der Waals surface area contributed by atoms with Crippen LogP contribution in [0.4, 0.5) is 11.4 Å². The predicted molar refractivity (Wildman–Crippen MR) is 155 cm³/mol. The van der Waals surface area contributed by atoms with Crippen LogP contribution in [0.5, 0.6) is 17.2 Å². The zero-order valence-electron chi connectivity index (χ0n) is 25.2. The molecule has 0 N–H and O–H groups in total. The lowest BCUT2D eigenvalue weighted by Crippen LogP contribution is -2.33. The first-order chi connectivity index (χ1) is 19.7. The highest BCUT2D eigenvalue weighted by Gasteiger charge is 2.45. The SMILES string of the molecule is COc1ccc(N(C)C)c2c1C(=O)C1=C(OC(C)=O)c3c(c(N(C)C)c(OC(C)=O)c(C(C)=O)c3OC(C)=O)CC1C2. The van der Waals surface area contributed by atoms with Gasteiger partial charge in [0.2, 0.25) is 0 Å². The van der Waals surface area contributed by atoms with Crippen LogP contribution in [0.25, 0.3) is 5.76 Å². The standard InChI is InChI=1S/C31H34N2O9/c1-14(34)23-29(40-15(2)35)26-20(27(33(7)8)31(23)42-17(4)37)13-18-12-19-21(32(5)6)10-11-22(39-9)25(19)28(38)24(18)30(26)41-16(3)36/h10-11,18H,12-13H2,1-9H3. The molecule has 0 radical (unpaired) electrons. The van der Waals surface area contributed by atoms with Gasteiger partial charge in [-0.25, -0.2) is 0 Å². The van der Waals surface area contributed by atoms with Gasteiger partial charge in [0.1, 0.15) is 17.1 Å². The molecule has 0 saturated carbocycles. The summed E-state index contributed by atoms with van der Waals surface area (Å²) < 4.78 is 22.6. The first-order valence-electron chi connectivity index (χ1n) is 13.3. The van der Waals surface area contributed by atoms with Crippen LogP contribution in [0.15, 0.2) is 17.7 Å². The number of allylic oxidation sites excluding steroid dienone is 1. The van der Waals surface area contributed by atoms with Crippen molar-refractivity contribution in [2.75, 3.05) is 45.1 Å². The van der Waals surface area contributed by atoms with Gasteiger partial charge in [0.25, 0.3) is 0 Å². The molecule has 11 nitrogen and oxygen atoms in total. The van der Waals surface area contributed by atoms with Crippen LogP contribution in [0.1, 0.15) is 65.1 Å². The lowest BCUT2D eigenvalue weighted by Gasteiger charge is -2.37. The van der Waals surface area contributed by atoms with Crippen LogP contribution in [0.3, 0.4) is 0 Å². The van der Waals surface area contributed by atoms with E-state index in [2.05, 4.69) is 0 Å². The molecule has 2 aliphatic carbocycles. The predicted octanol–water partition coefficient (Wildman–Crippen LogP) is 3.77. The number of hydrogen-bond acceptors (Lipinski definition) is 11. The molecule has 0 amide bonds. The molecule has 0 spiro atoms. The average Bonchev–Trinajstić information content (AvgIpc) is 2.86. The topological polar surface area (TPSA) is 129 Å². The molecule has 222 valence electrons. The van der Waals surface area contributed by atoms with Gasteiger partial charge in [0.05, 0.1) is 23.9 Å². The van der Waals surface area contributed by atoms with E-state index in [-0.39, 0.29) is 40.4 Å². The molecule has 2 aliphatic rings. The maximum absolute atomic E-state index is 14.4. The van der Waals surface area contributed by atoms with E-state index in [1.165, 1.54) is 27.9 Å². The highest BCUT2D eigenvalue weighted by molar-refractivity contribution is 6.19. The monoisotopic (exact) mass is 578 g/mol. The Morgan fingerprint density at radius 1 is 0.762 bits per heavy atom. The van der Waals surface area contributed by atoms with Gasteiger partial charge in [-0.3, -0.25) is 24.0 Å². The second-order valence-corrected chi connectivity index (χ2v) is 10.7. The Morgan fingerprint density at radius 3 is 1.83 bits per heavy atom. The zero-order valence-corrected chi connectivity index (χ0v) is 25.2. The first-order valence-corrected chi connectivity index (χ1v) is 13.3. The Labute approximate surface area is 244 Å². The highest BCUT2D eigenvalue weighted by atomic mass is 16.6. The van der Waals surface area contributed by atoms with Crippen LogP contribution in [0.2, 0.25) is 0 Å². The molecule has 11 heteroatoms. The highest BCUT2D eigenvalue weighted by Crippen LogP contribution is 2.54. The lowest BCUT2D eigenvalue weighted by molar-refractivity contribution is -0.134. The number of fused-ring (bicyclic) bond motifs is 3. The lowest BCUT2D eigenvalue weighted by atomic mass is 9.70. The molecular formula is C31H34N2O9. The Kier molecular flexibility index (Phi) is 8.15. The minimum atomic E-state index is -0.766. The number of nitrogens with zero attached hydrogens (tertiary/aromatic N) is 2. The number of benzene rings is 2. The van der Waals surface area contributed by atoms with Gasteiger partial charge in [0, 0.05) is 60.2 Å². The van der Waals surface area contributed by atoms with Crippen molar-refractivity contribution in [2.45, 2.75) is 40.5 Å². The summed E-state index contributed by atoms with van der Waals surface area (Å²) in [5.41, 5.74) is 2.92. The Morgan fingerprint density at radius 2 is 1.33 bits per heavy atom. The third-order valence-corrected chi connectivity index (χ3v) is 7.22. The van der Waals surface area contributed by atoms with E-state index in [9.17, 15) is 24.0 Å². The van der Waals surface area contributed by atoms with Crippen molar-refractivity contribution in [2.24, 2.45) is 5.92 Å². The number of ketones is 2. The Hall–Kier alpha value is -4.67. The number of anilines is 2. The van der Waals surface area contributed by atoms with Gasteiger partial charge < -0.3 is 28.7 Å². The zero-order chi connectivity index (χ0) is 31.2. The third kappa shape index (κ3) is 5.10. The number of hydrogen-bond donors (Lipinski definition) is 0. The number of esters is 3. The molecule has 2 aromatic carbocycles. The molecule has 4 rings (SSSR count). The van der Waals surface area contributed by atoms with E-state index in [0.717, 1.165) is 18.2 Å². The van der Waals surface area contributed by atoms with Crippen molar-refractivity contribution >= 4 is 46.6 Å². The van der Waals surface area contributed by atoms with E-state index in [1.54, 1.807) is 25.1 Å². The van der Waals surface area contributed by atoms with Gasteiger partial charge >= 0.3 is 17.9 Å². The Balaban J connectivity index is 2.22. The number of Topliss-reactive ketones (excluding diaryl/α,β-unsaturated/α-hetero) is 2. The summed E-state index contributed by atoms with van der Waals surface area (Å²) in [6.07, 6.45) is 0.609. The van der Waals surface area contributed by atoms with E-state index < -0.39 is 35.4 Å². The van der Waals surface area contributed by atoms with E-state index in [4.69, 9.17) is 18.9 Å². The van der Waals surface area contributed by atoms with Crippen molar-refractivity contribution < 1.29 is 42.9 Å². The summed E-state index contributed by atoms with van der Waals surface area (Å²) in [5.74, 6) is -3.70. The molecule has 0 bridgehead atoms. The molecule has 0 aliphatic heterocycles. The van der Waals surface area contributed by atoms with Crippen LogP contribution < -0.4 is 24.0 Å². The number of ether oxygens (including phenoxy) is 4. The quantitative estimate of drug-likeness (QED) is 0.271. The number of rotatable bonds is 7. The number of carbonyl (C=O) groups excluding carboxylic acids is 5. The van der Waals surface area contributed by atoms with Crippen molar-refractivity contribution in [3.05, 3.63) is 45.5 Å². The molecule has 0 fully saturated rings. The summed E-state index contributed by atoms with van der Waals surface area (Å²) in [7, 11) is 8.64. The van der Waals surface area contributed by atoms with Crippen LogP contribution in [-0.4, -0.2) is 64.8 Å². The van der Waals surface area contributed by atoms with Crippen molar-refractivity contribution in [3.8, 4) is 17.2 Å². The molecular weight excluding hydrogens is 544 g/mol. The summed E-state index contributed by atoms with van der Waals surface area (Å²) in [6, 6.07) is 3.59. The van der Waals surface area contributed by atoms with Crippen LogP contribution >= 0.6 is 0 Å². The fraction of sp³-hybridized carbons (Fsp3) is 0.387. The van der Waals surface area contributed by atoms with E-state index in [1.807, 2.05) is 25.1 Å². The van der Waals surface area contributed by atoms with Gasteiger partial charge in [-0.2, -0.15) is 0 Å². The first kappa shape index (κ1) is 30.3. The van der Waals surface area contributed by atoms with Crippen molar-refractivity contribution in [1.82, 2.24) is 0 Å². The Bertz CT molecular complexity index is 1580. The smallest absolute Gasteiger partial charge is 0.308 e. The van der Waals surface area contributed by atoms with Crippen molar-refractivity contribution in [1.29, 1.82) is 0 Å². The van der Waals surface area contributed by atoms with Gasteiger partial charge in [0.15, 0.2) is 23.1 Å². The molecule has 2 aromatic rings. The molecule has 42 heavy (non-hydrogen) atoms. The second-order valence-electron chi connectivity index (χ2n) is 10.7. The fourth-order valence-electron chi connectivity index (χ4n) is 5.88. The summed E-state index contributed by atoms with van der Waals surface area (Å²) in [5, 5.41) is 0. The normalized spacial score (nSPS) is 15.2. The number of methoxy groups -OCH3 is 1. The second kappa shape index (κ2) is 11.3. The average molecular weight is 579 g/mol. The fourth-order valence-corrected chi connectivity index (χ4v) is 5.88. The molecule has 0 heterocycles.